The van der Waals surface area contributed by atoms with Gasteiger partial charge in [0, 0.05) is 34.8 Å². The number of aryl methyl sites for hydroxylation is 2. The highest BCUT2D eigenvalue weighted by molar-refractivity contribution is 7.86. The molecule has 234 valence electrons. The summed E-state index contributed by atoms with van der Waals surface area (Å²) in [6.07, 6.45) is 4.66. The van der Waals surface area contributed by atoms with Crippen LogP contribution >= 0.6 is 11.6 Å². The summed E-state index contributed by atoms with van der Waals surface area (Å²) >= 11 is 6.19. The van der Waals surface area contributed by atoms with Crippen LogP contribution in [0.4, 0.5) is 0 Å². The van der Waals surface area contributed by atoms with E-state index in [0.29, 0.717) is 46.7 Å². The molecule has 1 amide bonds. The second kappa shape index (κ2) is 13.3. The Morgan fingerprint density at radius 2 is 1.75 bits per heavy atom. The van der Waals surface area contributed by atoms with Gasteiger partial charge in [0.25, 0.3) is 16.0 Å². The van der Waals surface area contributed by atoms with Crippen LogP contribution in [0.5, 0.6) is 5.75 Å². The van der Waals surface area contributed by atoms with Crippen molar-refractivity contribution in [2.75, 3.05) is 0 Å². The van der Waals surface area contributed by atoms with Crippen LogP contribution in [0.3, 0.4) is 0 Å². The first-order chi connectivity index (χ1) is 20.6. The largest absolute Gasteiger partial charge is 0.489 e. The molecule has 10 heteroatoms. The Morgan fingerprint density at radius 1 is 1.07 bits per heavy atom. The summed E-state index contributed by atoms with van der Waals surface area (Å²) in [6.45, 7) is 10.1. The summed E-state index contributed by atoms with van der Waals surface area (Å²) < 4.78 is 40.0. The molecular weight excluding hydrogens is 598 g/mol. The zero-order chi connectivity index (χ0) is 32.3. The number of hydrogen-bond donors (Lipinski definition) is 2. The minimum absolute atomic E-state index is 0.160. The second-order valence-electron chi connectivity index (χ2n) is 12.9. The topological polar surface area (TPSA) is 129 Å². The highest BCUT2D eigenvalue weighted by atomic mass is 35.5. The Bertz CT molecular complexity index is 1610. The maximum absolute atomic E-state index is 13.2. The molecule has 2 aromatic carbocycles. The summed E-state index contributed by atoms with van der Waals surface area (Å²) in [5, 5.41) is 11.7. The number of halogens is 1. The van der Waals surface area contributed by atoms with Crippen LogP contribution in [0.25, 0.3) is 0 Å². The molecule has 0 saturated heterocycles. The summed E-state index contributed by atoms with van der Waals surface area (Å²) in [6, 6.07) is 17.7. The van der Waals surface area contributed by atoms with Gasteiger partial charge in [-0.15, -0.1) is 0 Å². The number of rotatable bonds is 12. The van der Waals surface area contributed by atoms with Gasteiger partial charge in [-0.25, -0.2) is 0 Å². The molecule has 1 aromatic heterocycles. The van der Waals surface area contributed by atoms with Crippen molar-refractivity contribution >= 4 is 27.6 Å². The normalized spacial score (nSPS) is 19.3. The lowest BCUT2D eigenvalue weighted by molar-refractivity contribution is -0.164. The molecule has 44 heavy (non-hydrogen) atoms. The van der Waals surface area contributed by atoms with Crippen LogP contribution in [0, 0.1) is 29.1 Å². The van der Waals surface area contributed by atoms with Crippen molar-refractivity contribution in [2.24, 2.45) is 10.8 Å². The molecular formula is C34H40ClN3O5S. The van der Waals surface area contributed by atoms with E-state index >= 15 is 0 Å². The first kappa shape index (κ1) is 33.4. The molecule has 1 aliphatic carbocycles. The Morgan fingerprint density at radius 3 is 2.32 bits per heavy atom. The average molecular weight is 638 g/mol. The van der Waals surface area contributed by atoms with Gasteiger partial charge in [-0.05, 0) is 56.0 Å². The van der Waals surface area contributed by atoms with Gasteiger partial charge in [0.2, 0.25) is 0 Å². The standard InChI is InChI=1S/C34H40ClN3O5S/c1-22-11-13-23(14-12-22)29(44(40,41)42)10-8-6-7-9-26-17-15-25(21-37-26)30(39)38-31-33(2,3)32(34(31,4)5)43-27-18-16-24(20-36)28(35)19-27/h11-19,21,29,31-32H,6-10H2,1-5H3,(H,38,39)(H,40,41,42). The third-order valence-corrected chi connectivity index (χ3v) is 10.3. The SMILES string of the molecule is Cc1ccc(C(CCCCCc2ccc(C(=O)NC3C(C)(C)C(Oc4ccc(C#N)c(Cl)c4)C3(C)C)cn2)S(=O)(=O)O)cc1. The number of pyridine rings is 1. The highest BCUT2D eigenvalue weighted by Crippen LogP contribution is 2.55. The maximum atomic E-state index is 13.2. The molecule has 1 unspecified atom stereocenters. The van der Waals surface area contributed by atoms with Crippen LogP contribution in [-0.2, 0) is 16.5 Å². The molecule has 3 aromatic rings. The smallest absolute Gasteiger partial charge is 0.271 e. The molecule has 0 bridgehead atoms. The molecule has 0 spiro atoms. The van der Waals surface area contributed by atoms with Gasteiger partial charge in [-0.2, -0.15) is 13.7 Å². The van der Waals surface area contributed by atoms with Crippen molar-refractivity contribution < 1.29 is 22.5 Å². The van der Waals surface area contributed by atoms with Crippen LogP contribution in [0.2, 0.25) is 5.02 Å². The van der Waals surface area contributed by atoms with Crippen molar-refractivity contribution in [3.8, 4) is 11.8 Å². The van der Waals surface area contributed by atoms with Gasteiger partial charge in [0.05, 0.1) is 16.1 Å². The number of carbonyl (C=O) groups is 1. The first-order valence-electron chi connectivity index (χ1n) is 14.8. The van der Waals surface area contributed by atoms with E-state index in [2.05, 4.69) is 38.0 Å². The number of nitrogens with one attached hydrogen (secondary N) is 1. The summed E-state index contributed by atoms with van der Waals surface area (Å²) in [7, 11) is -4.20. The number of aromatic nitrogens is 1. The average Bonchev–Trinajstić information content (AvgIpc) is 2.96. The number of benzene rings is 2. The van der Waals surface area contributed by atoms with Gasteiger partial charge >= 0.3 is 0 Å². The van der Waals surface area contributed by atoms with Crippen molar-refractivity contribution in [2.45, 2.75) is 84.1 Å². The summed E-state index contributed by atoms with van der Waals surface area (Å²) in [5.74, 6) is 0.372. The third-order valence-electron chi connectivity index (χ3n) is 8.72. The Kier molecular flexibility index (Phi) is 10.1. The zero-order valence-electron chi connectivity index (χ0n) is 25.8. The minimum atomic E-state index is -4.20. The monoisotopic (exact) mass is 637 g/mol. The second-order valence-corrected chi connectivity index (χ2v) is 14.9. The minimum Gasteiger partial charge on any atom is -0.489 e. The van der Waals surface area contributed by atoms with Crippen molar-refractivity contribution in [1.29, 1.82) is 5.26 Å². The lowest BCUT2D eigenvalue weighted by atomic mass is 9.49. The van der Waals surface area contributed by atoms with E-state index in [0.717, 1.165) is 24.1 Å². The van der Waals surface area contributed by atoms with Gasteiger partial charge in [-0.1, -0.05) is 82.0 Å². The van der Waals surface area contributed by atoms with Crippen LogP contribution in [-0.4, -0.2) is 36.0 Å². The lowest BCUT2D eigenvalue weighted by Gasteiger charge is -2.63. The fourth-order valence-corrected chi connectivity index (χ4v) is 7.78. The number of unbranched alkanes of at least 4 members (excludes halogenated alkanes) is 2. The predicted molar refractivity (Wildman–Crippen MR) is 171 cm³/mol. The van der Waals surface area contributed by atoms with Crippen molar-refractivity contribution in [3.05, 3.63) is 93.8 Å². The Labute approximate surface area is 265 Å². The molecule has 0 aliphatic heterocycles. The van der Waals surface area contributed by atoms with Crippen LogP contribution in [0.1, 0.15) is 91.4 Å². The fraction of sp³-hybridized carbons (Fsp3) is 0.441. The van der Waals surface area contributed by atoms with Crippen molar-refractivity contribution in [3.63, 3.8) is 0 Å². The van der Waals surface area contributed by atoms with Gasteiger partial charge in [0.15, 0.2) is 0 Å². The zero-order valence-corrected chi connectivity index (χ0v) is 27.4. The van der Waals surface area contributed by atoms with Gasteiger partial charge in [-0.3, -0.25) is 14.3 Å². The van der Waals surface area contributed by atoms with Crippen molar-refractivity contribution in [1.82, 2.24) is 10.3 Å². The fourth-order valence-electron chi connectivity index (χ4n) is 6.60. The van der Waals surface area contributed by atoms with Crippen LogP contribution < -0.4 is 10.1 Å². The number of ether oxygens (including phenoxy) is 1. The molecule has 0 radical (unpaired) electrons. The molecule has 1 fully saturated rings. The van der Waals surface area contributed by atoms with E-state index < -0.39 is 15.4 Å². The molecule has 1 saturated carbocycles. The number of nitriles is 1. The van der Waals surface area contributed by atoms with E-state index in [4.69, 9.17) is 21.6 Å². The number of nitrogens with zero attached hydrogens (tertiary/aromatic N) is 2. The van der Waals surface area contributed by atoms with E-state index in [1.165, 1.54) is 0 Å². The molecule has 1 aliphatic rings. The van der Waals surface area contributed by atoms with Crippen LogP contribution in [0.15, 0.2) is 60.8 Å². The quantitative estimate of drug-likeness (QED) is 0.158. The lowest BCUT2D eigenvalue weighted by Crippen LogP contribution is -2.74. The van der Waals surface area contributed by atoms with E-state index in [1.54, 1.807) is 42.6 Å². The maximum Gasteiger partial charge on any atom is 0.271 e. The summed E-state index contributed by atoms with van der Waals surface area (Å²) in [4.78, 5) is 17.7. The molecule has 2 N–H and O–H groups in total. The molecule has 1 heterocycles. The number of amides is 1. The van der Waals surface area contributed by atoms with E-state index in [-0.39, 0.29) is 28.9 Å². The van der Waals surface area contributed by atoms with E-state index in [9.17, 15) is 17.8 Å². The molecule has 4 rings (SSSR count). The third kappa shape index (κ3) is 7.43. The first-order valence-corrected chi connectivity index (χ1v) is 16.7. The summed E-state index contributed by atoms with van der Waals surface area (Å²) in [5.41, 5.74) is 2.59. The van der Waals surface area contributed by atoms with Gasteiger partial charge in [0.1, 0.15) is 23.2 Å². The van der Waals surface area contributed by atoms with Gasteiger partial charge < -0.3 is 10.1 Å². The Hall–Kier alpha value is -3.45. The number of carbonyl (C=O) groups excluding carboxylic acids is 1. The number of hydrogen-bond acceptors (Lipinski definition) is 6. The predicted octanol–water partition coefficient (Wildman–Crippen LogP) is 7.26. The molecule has 8 nitrogen and oxygen atoms in total. The highest BCUT2D eigenvalue weighted by Gasteiger charge is 2.64. The Balaban J connectivity index is 1.27. The molecule has 1 atom stereocenters. The van der Waals surface area contributed by atoms with E-state index in [1.807, 2.05) is 31.2 Å².